The van der Waals surface area contributed by atoms with Crippen LogP contribution in [0.4, 0.5) is 0 Å². The lowest BCUT2D eigenvalue weighted by molar-refractivity contribution is -0.232. The van der Waals surface area contributed by atoms with Gasteiger partial charge in [0.25, 0.3) is 0 Å². The molecule has 0 aromatic carbocycles. The summed E-state index contributed by atoms with van der Waals surface area (Å²) in [5, 5.41) is 7.74. The van der Waals surface area contributed by atoms with Gasteiger partial charge in [-0.1, -0.05) is 0 Å². The first-order valence-electron chi connectivity index (χ1n) is 2.39. The van der Waals surface area contributed by atoms with Gasteiger partial charge in [0.2, 0.25) is 0 Å². The van der Waals surface area contributed by atoms with Crippen LogP contribution in [0.3, 0.4) is 0 Å². The van der Waals surface area contributed by atoms with Crippen LogP contribution >= 0.6 is 0 Å². The zero-order valence-electron chi connectivity index (χ0n) is 5.09. The van der Waals surface area contributed by atoms with E-state index in [0.717, 1.165) is 0 Å². The first-order chi connectivity index (χ1) is 4.22. The van der Waals surface area contributed by atoms with Crippen LogP contribution in [0.1, 0.15) is 6.92 Å². The second-order valence-electron chi connectivity index (χ2n) is 1.23. The van der Waals surface area contributed by atoms with Gasteiger partial charge in [0.05, 0.1) is 6.61 Å². The van der Waals surface area contributed by atoms with Gasteiger partial charge in [0.15, 0.2) is 5.76 Å². The van der Waals surface area contributed by atoms with Gasteiger partial charge in [-0.15, -0.1) is 0 Å². The summed E-state index contributed by atoms with van der Waals surface area (Å²) in [4.78, 5) is 13.5. The van der Waals surface area contributed by atoms with Gasteiger partial charge in [-0.05, 0) is 13.5 Å². The molecule has 4 heteroatoms. The smallest absolute Gasteiger partial charge is 0.406 e. The quantitative estimate of drug-likeness (QED) is 0.264. The summed E-state index contributed by atoms with van der Waals surface area (Å²) in [5.41, 5.74) is 0. The summed E-state index contributed by atoms with van der Waals surface area (Å²) in [6.07, 6.45) is 0. The Labute approximate surface area is 52.6 Å². The summed E-state index contributed by atoms with van der Waals surface area (Å²) in [7, 11) is 0. The lowest BCUT2D eigenvalue weighted by Crippen LogP contribution is -2.06. The van der Waals surface area contributed by atoms with Crippen LogP contribution in [0, 0.1) is 0 Å². The molecule has 0 heterocycles. The molecule has 0 bridgehead atoms. The van der Waals surface area contributed by atoms with Gasteiger partial charge in [-0.25, -0.2) is 4.79 Å². The van der Waals surface area contributed by atoms with Gasteiger partial charge < -0.3 is 4.74 Å². The molecular formula is C5H8O4. The molecule has 0 aliphatic heterocycles. The maximum absolute atomic E-state index is 10.2. The van der Waals surface area contributed by atoms with Crippen molar-refractivity contribution in [2.75, 3.05) is 6.61 Å². The van der Waals surface area contributed by atoms with Gasteiger partial charge in [-0.2, -0.15) is 5.26 Å². The fraction of sp³-hybridized carbons (Fsp3) is 0.400. The highest BCUT2D eigenvalue weighted by atomic mass is 17.1. The summed E-state index contributed by atoms with van der Waals surface area (Å²) < 4.78 is 4.57. The Bertz CT molecular complexity index is 118. The highest BCUT2D eigenvalue weighted by molar-refractivity contribution is 5.84. The number of rotatable bonds is 3. The standard InChI is InChI=1S/C5H8O4/c1-3-8-4(2)5(6)9-7/h7H,2-3H2,1H3. The number of carbonyl (C=O) groups is 1. The molecule has 9 heavy (non-hydrogen) atoms. The summed E-state index contributed by atoms with van der Waals surface area (Å²) in [5.74, 6) is -1.16. The van der Waals surface area contributed by atoms with Crippen molar-refractivity contribution in [3.8, 4) is 0 Å². The van der Waals surface area contributed by atoms with E-state index in [9.17, 15) is 4.79 Å². The second kappa shape index (κ2) is 3.91. The third-order valence-electron chi connectivity index (χ3n) is 0.629. The van der Waals surface area contributed by atoms with E-state index >= 15 is 0 Å². The maximum atomic E-state index is 10.2. The third kappa shape index (κ3) is 2.71. The lowest BCUT2D eigenvalue weighted by atomic mass is 10.6. The Morgan fingerprint density at radius 1 is 1.78 bits per heavy atom. The Morgan fingerprint density at radius 3 is 2.67 bits per heavy atom. The van der Waals surface area contributed by atoms with Crippen molar-refractivity contribution in [3.63, 3.8) is 0 Å². The van der Waals surface area contributed by atoms with E-state index in [-0.39, 0.29) is 5.76 Å². The van der Waals surface area contributed by atoms with Crippen LogP contribution in [0.2, 0.25) is 0 Å². The minimum absolute atomic E-state index is 0.194. The normalized spacial score (nSPS) is 8.22. The molecule has 0 saturated carbocycles. The molecule has 52 valence electrons. The largest absolute Gasteiger partial charge is 0.487 e. The molecule has 1 N–H and O–H groups in total. The molecule has 0 atom stereocenters. The molecule has 0 radical (unpaired) electrons. The monoisotopic (exact) mass is 132 g/mol. The van der Waals surface area contributed by atoms with Crippen LogP contribution in [0.5, 0.6) is 0 Å². The first-order valence-corrected chi connectivity index (χ1v) is 2.39. The maximum Gasteiger partial charge on any atom is 0.406 e. The highest BCUT2D eigenvalue weighted by Gasteiger charge is 2.07. The Morgan fingerprint density at radius 2 is 2.33 bits per heavy atom. The fourth-order valence-electron chi connectivity index (χ4n) is 0.284. The molecule has 0 aromatic heterocycles. The highest BCUT2D eigenvalue weighted by Crippen LogP contribution is 1.93. The zero-order valence-corrected chi connectivity index (χ0v) is 5.09. The van der Waals surface area contributed by atoms with Crippen LogP contribution in [0.15, 0.2) is 12.3 Å². The molecule has 0 fully saturated rings. The molecule has 0 rings (SSSR count). The van der Waals surface area contributed by atoms with Crippen molar-refractivity contribution in [3.05, 3.63) is 12.3 Å². The lowest BCUT2D eigenvalue weighted by Gasteiger charge is -2.00. The van der Waals surface area contributed by atoms with Crippen LogP contribution < -0.4 is 0 Å². The number of hydrogen-bond donors (Lipinski definition) is 1. The predicted octanol–water partition coefficient (Wildman–Crippen LogP) is 0.553. The van der Waals surface area contributed by atoms with E-state index in [1.165, 1.54) is 0 Å². The minimum atomic E-state index is -0.961. The van der Waals surface area contributed by atoms with Gasteiger partial charge in [0.1, 0.15) is 0 Å². The predicted molar refractivity (Wildman–Crippen MR) is 29.5 cm³/mol. The number of carbonyl (C=O) groups excluding carboxylic acids is 1. The van der Waals surface area contributed by atoms with Crippen molar-refractivity contribution in [2.45, 2.75) is 6.92 Å². The summed E-state index contributed by atoms with van der Waals surface area (Å²) in [6.45, 7) is 5.18. The summed E-state index contributed by atoms with van der Waals surface area (Å²) in [6, 6.07) is 0. The average molecular weight is 132 g/mol. The topological polar surface area (TPSA) is 55.8 Å². The molecular weight excluding hydrogens is 124 g/mol. The zero-order chi connectivity index (χ0) is 7.28. The van der Waals surface area contributed by atoms with Gasteiger partial charge >= 0.3 is 5.97 Å². The fourth-order valence-corrected chi connectivity index (χ4v) is 0.284. The van der Waals surface area contributed by atoms with Crippen LogP contribution in [0.25, 0.3) is 0 Å². The van der Waals surface area contributed by atoms with Gasteiger partial charge in [-0.3, -0.25) is 4.89 Å². The number of ether oxygens (including phenoxy) is 1. The van der Waals surface area contributed by atoms with Crippen LogP contribution in [-0.4, -0.2) is 17.8 Å². The SMILES string of the molecule is C=C(OCC)C(=O)OO. The first kappa shape index (κ1) is 7.97. The van der Waals surface area contributed by atoms with Crippen molar-refractivity contribution in [2.24, 2.45) is 0 Å². The second-order valence-corrected chi connectivity index (χ2v) is 1.23. The van der Waals surface area contributed by atoms with E-state index in [4.69, 9.17) is 5.26 Å². The van der Waals surface area contributed by atoms with E-state index < -0.39 is 5.97 Å². The minimum Gasteiger partial charge on any atom is -0.487 e. The van der Waals surface area contributed by atoms with E-state index in [0.29, 0.717) is 6.61 Å². The third-order valence-corrected chi connectivity index (χ3v) is 0.629. The van der Waals surface area contributed by atoms with Gasteiger partial charge in [0, 0.05) is 0 Å². The molecule has 4 nitrogen and oxygen atoms in total. The molecule has 0 amide bonds. The molecule has 0 saturated heterocycles. The van der Waals surface area contributed by atoms with Crippen molar-refractivity contribution < 1.29 is 19.7 Å². The average Bonchev–Trinajstić information content (AvgIpc) is 1.87. The molecule has 0 aliphatic carbocycles. The molecule has 0 spiro atoms. The van der Waals surface area contributed by atoms with Crippen molar-refractivity contribution in [1.29, 1.82) is 0 Å². The summed E-state index contributed by atoms with van der Waals surface area (Å²) >= 11 is 0. The van der Waals surface area contributed by atoms with Crippen molar-refractivity contribution in [1.82, 2.24) is 0 Å². The van der Waals surface area contributed by atoms with E-state index in [1.54, 1.807) is 6.92 Å². The Kier molecular flexibility index (Phi) is 3.46. The number of hydrogen-bond acceptors (Lipinski definition) is 4. The molecule has 0 unspecified atom stereocenters. The Hall–Kier alpha value is -1.03. The van der Waals surface area contributed by atoms with E-state index in [1.807, 2.05) is 0 Å². The molecule has 0 aliphatic rings. The van der Waals surface area contributed by atoms with E-state index in [2.05, 4.69) is 16.2 Å². The van der Waals surface area contributed by atoms with Crippen LogP contribution in [-0.2, 0) is 14.4 Å². The van der Waals surface area contributed by atoms with Crippen molar-refractivity contribution >= 4 is 5.97 Å². The molecule has 0 aromatic rings. The Balaban J connectivity index is 3.60.